The molecule has 86 heavy (non-hydrogen) atoms. The number of hydrogen-bond acceptors (Lipinski definition) is 9. The first kappa shape index (κ1) is 98.8. The summed E-state index contributed by atoms with van der Waals surface area (Å²) in [5.74, 6) is 2.03. The molecule has 0 unspecified atom stereocenters. The van der Waals surface area contributed by atoms with E-state index in [-0.39, 0.29) is 0 Å². The Balaban J connectivity index is -0.000000107. The highest BCUT2D eigenvalue weighted by Gasteiger charge is 1.92. The molecular formula is C77H131N5O2S2. The van der Waals surface area contributed by atoms with Crippen LogP contribution in [0.1, 0.15) is 224 Å². The molecule has 7 nitrogen and oxygen atoms in total. The third kappa shape index (κ3) is 58.1. The Morgan fingerprint density at radius 1 is 0.256 bits per heavy atom. The van der Waals surface area contributed by atoms with E-state index in [1.165, 1.54) is 65.4 Å². The lowest BCUT2D eigenvalue weighted by molar-refractivity contribution is 0.531. The second-order valence-corrected chi connectivity index (χ2v) is 18.5. The van der Waals surface area contributed by atoms with Crippen LogP contribution in [0.4, 0.5) is 0 Å². The summed E-state index contributed by atoms with van der Waals surface area (Å²) in [6, 6.07) is 26.6. The maximum absolute atomic E-state index is 4.96. The van der Waals surface area contributed by atoms with Gasteiger partial charge in [-0.3, -0.25) is 24.9 Å². The van der Waals surface area contributed by atoms with Gasteiger partial charge in [0.25, 0.3) is 0 Å². The molecule has 0 aliphatic rings. The van der Waals surface area contributed by atoms with Gasteiger partial charge in [-0.05, 0) is 233 Å². The van der Waals surface area contributed by atoms with Crippen LogP contribution in [-0.4, -0.2) is 24.9 Å². The number of aryl methyl sites for hydroxylation is 18. The van der Waals surface area contributed by atoms with Crippen LogP contribution < -0.4 is 0 Å². The summed E-state index contributed by atoms with van der Waals surface area (Å²) < 4.78 is 9.93. The first-order valence-corrected chi connectivity index (χ1v) is 33.4. The topological polar surface area (TPSA) is 90.7 Å². The molecule has 1 aromatic carbocycles. The van der Waals surface area contributed by atoms with Crippen LogP contribution in [0.3, 0.4) is 0 Å². The van der Waals surface area contributed by atoms with Crippen molar-refractivity contribution in [3.63, 3.8) is 0 Å². The molecular weight excluding hydrogens is 1090 g/mol. The lowest BCUT2D eigenvalue weighted by Gasteiger charge is -1.93. The van der Waals surface area contributed by atoms with Gasteiger partial charge in [0.1, 0.15) is 11.5 Å². The number of pyridine rings is 3. The number of furan rings is 2. The van der Waals surface area contributed by atoms with Crippen LogP contribution in [0.15, 0.2) is 148 Å². The summed E-state index contributed by atoms with van der Waals surface area (Å²) in [7, 11) is 0. The molecule has 0 aliphatic heterocycles. The standard InChI is InChI=1S/C8H10.3C7H9N.C6H8N2.2C6H8O.2C6H8S.9C2H6/c1-7-5-3-4-6-8(7)2;1-6-3-4-8-5-7(6)2;2*1-6-4-3-5-8-7(6)2;1-5-6(2)8-4-3-7-5;4*1-5-3-4-7-6(5)2;9*1-2/h3-6H,1-2H3;3*3-5H,1-2H3;3-4H,1-2H3;4*3-4H,1-2H3;9*1-2H3. The monoisotopic (exact) mass is 1220 g/mol. The average Bonchev–Trinajstić information content (AvgIpc) is 4.36. The van der Waals surface area contributed by atoms with Crippen LogP contribution in [0.5, 0.6) is 0 Å². The fraction of sp³-hybridized carbons (Fsp3) is 0.468. The lowest BCUT2D eigenvalue weighted by atomic mass is 10.1. The average molecular weight is 1220 g/mol. The van der Waals surface area contributed by atoms with E-state index in [1.807, 2.05) is 235 Å². The van der Waals surface area contributed by atoms with Crippen molar-refractivity contribution in [1.29, 1.82) is 0 Å². The smallest absolute Gasteiger partial charge is 0.103 e. The summed E-state index contributed by atoms with van der Waals surface area (Å²) >= 11 is 3.61. The summed E-state index contributed by atoms with van der Waals surface area (Å²) in [6.45, 7) is 72.9. The molecule has 0 aliphatic carbocycles. The summed E-state index contributed by atoms with van der Waals surface area (Å²) in [6.07, 6.45) is 14.1. The van der Waals surface area contributed by atoms with Crippen molar-refractivity contribution in [3.05, 3.63) is 239 Å². The van der Waals surface area contributed by atoms with Crippen LogP contribution in [0, 0.1) is 125 Å². The molecule has 9 rings (SSSR count). The van der Waals surface area contributed by atoms with Gasteiger partial charge in [-0.1, -0.05) is 161 Å². The molecule has 8 aromatic heterocycles. The molecule has 488 valence electrons. The van der Waals surface area contributed by atoms with Gasteiger partial charge in [0, 0.05) is 58.3 Å². The first-order chi connectivity index (χ1) is 41.2. The van der Waals surface area contributed by atoms with E-state index in [9.17, 15) is 0 Å². The van der Waals surface area contributed by atoms with Gasteiger partial charge in [0.2, 0.25) is 0 Å². The molecule has 0 saturated carbocycles. The molecule has 0 radical (unpaired) electrons. The highest BCUT2D eigenvalue weighted by Crippen LogP contribution is 2.13. The quantitative estimate of drug-likeness (QED) is 0.149. The van der Waals surface area contributed by atoms with Gasteiger partial charge < -0.3 is 8.83 Å². The van der Waals surface area contributed by atoms with E-state index in [4.69, 9.17) is 8.83 Å². The second kappa shape index (κ2) is 74.8. The molecule has 0 N–H and O–H groups in total. The molecule has 9 aromatic rings. The molecule has 0 spiro atoms. The van der Waals surface area contributed by atoms with Crippen LogP contribution in [0.2, 0.25) is 0 Å². The summed E-state index contributed by atoms with van der Waals surface area (Å²) in [5, 5.41) is 4.23. The number of thiophene rings is 2. The van der Waals surface area contributed by atoms with Crippen molar-refractivity contribution in [3.8, 4) is 0 Å². The van der Waals surface area contributed by atoms with Gasteiger partial charge in [0.15, 0.2) is 0 Å². The van der Waals surface area contributed by atoms with E-state index in [0.29, 0.717) is 0 Å². The predicted molar refractivity (Wildman–Crippen MR) is 395 cm³/mol. The highest BCUT2D eigenvalue weighted by atomic mass is 32.1. The van der Waals surface area contributed by atoms with E-state index in [2.05, 4.69) is 153 Å². The zero-order valence-corrected chi connectivity index (χ0v) is 63.8. The van der Waals surface area contributed by atoms with E-state index in [0.717, 1.165) is 34.3 Å². The Morgan fingerprint density at radius 2 is 0.547 bits per heavy atom. The van der Waals surface area contributed by atoms with Gasteiger partial charge in [-0.25, -0.2) is 0 Å². The minimum Gasteiger partial charge on any atom is -0.469 e. The number of benzene rings is 1. The van der Waals surface area contributed by atoms with E-state index >= 15 is 0 Å². The first-order valence-electron chi connectivity index (χ1n) is 31.7. The number of nitrogens with zero attached hydrogens (tertiary/aromatic N) is 5. The second-order valence-electron chi connectivity index (χ2n) is 16.2. The van der Waals surface area contributed by atoms with Gasteiger partial charge >= 0.3 is 0 Å². The Hall–Kier alpha value is -6.29. The van der Waals surface area contributed by atoms with Gasteiger partial charge in [0.05, 0.1) is 23.9 Å². The van der Waals surface area contributed by atoms with Crippen molar-refractivity contribution in [1.82, 2.24) is 24.9 Å². The molecule has 9 heteroatoms. The molecule has 0 saturated heterocycles. The predicted octanol–water partition coefficient (Wildman–Crippen LogP) is 26.3. The number of rotatable bonds is 0. The van der Waals surface area contributed by atoms with Crippen molar-refractivity contribution in [2.24, 2.45) is 0 Å². The molecule has 0 amide bonds. The third-order valence-corrected chi connectivity index (χ3v) is 12.8. The van der Waals surface area contributed by atoms with Crippen LogP contribution >= 0.6 is 22.7 Å². The molecule has 0 bridgehead atoms. The Labute approximate surface area is 541 Å². The largest absolute Gasteiger partial charge is 0.469 e. The fourth-order valence-corrected chi connectivity index (χ4v) is 6.07. The fourth-order valence-electron chi connectivity index (χ4n) is 4.61. The maximum Gasteiger partial charge on any atom is 0.103 e. The minimum absolute atomic E-state index is 1.01. The zero-order valence-electron chi connectivity index (χ0n) is 62.1. The lowest BCUT2D eigenvalue weighted by Crippen LogP contribution is -1.87. The SMILES string of the molecule is CC.CC.CC.CC.CC.CC.CC.CC.CC.Cc1ccccc1C.Cc1cccnc1C.Cc1cccnc1C.Cc1ccncc1C.Cc1ccoc1C.Cc1ccoc1C.Cc1ccsc1C.Cc1ccsc1C.Cc1nccnc1C. The summed E-state index contributed by atoms with van der Waals surface area (Å²) in [4.78, 5) is 23.0. The Morgan fingerprint density at radius 3 is 0.686 bits per heavy atom. The van der Waals surface area contributed by atoms with Crippen molar-refractivity contribution >= 4 is 22.7 Å². The normalized spacial score (nSPS) is 8.00. The minimum atomic E-state index is 1.01. The molecule has 8 heterocycles. The van der Waals surface area contributed by atoms with Crippen LogP contribution in [-0.2, 0) is 0 Å². The zero-order chi connectivity index (χ0) is 69.0. The molecule has 0 atom stereocenters. The Kier molecular flexibility index (Phi) is 85.9. The van der Waals surface area contributed by atoms with Crippen LogP contribution in [0.25, 0.3) is 0 Å². The van der Waals surface area contributed by atoms with E-state index < -0.39 is 0 Å². The molecule has 0 fully saturated rings. The Bertz CT molecular complexity index is 2130. The van der Waals surface area contributed by atoms with Gasteiger partial charge in [-0.2, -0.15) is 0 Å². The highest BCUT2D eigenvalue weighted by molar-refractivity contribution is 7.10. The third-order valence-electron chi connectivity index (χ3n) is 10.9. The number of hydrogen-bond donors (Lipinski definition) is 0. The maximum atomic E-state index is 4.96. The summed E-state index contributed by atoms with van der Waals surface area (Å²) in [5.41, 5.74) is 17.3. The van der Waals surface area contributed by atoms with Gasteiger partial charge in [-0.15, -0.1) is 22.7 Å². The van der Waals surface area contributed by atoms with Crippen molar-refractivity contribution in [2.45, 2.75) is 249 Å². The van der Waals surface area contributed by atoms with Crippen molar-refractivity contribution < 1.29 is 8.83 Å². The number of aromatic nitrogens is 5. The van der Waals surface area contributed by atoms with E-state index in [1.54, 1.807) is 47.6 Å². The van der Waals surface area contributed by atoms with Crippen molar-refractivity contribution in [2.75, 3.05) is 0 Å².